The Morgan fingerprint density at radius 2 is 1.69 bits per heavy atom. The standard InChI is InChI=1S/C23H25NO2/c1-4-5-6-15-25-21-13-11-19(12-14-21)22-16-24-23(26-22)20-9-7-18(8-10-20)17(2)3/h7-14,16H,2,4-6,15H2,1,3H3. The smallest absolute Gasteiger partial charge is 0.226 e. The van der Waals surface area contributed by atoms with E-state index in [1.165, 1.54) is 12.8 Å². The van der Waals surface area contributed by atoms with Crippen molar-refractivity contribution < 1.29 is 9.15 Å². The summed E-state index contributed by atoms with van der Waals surface area (Å²) in [6.45, 7) is 8.91. The summed E-state index contributed by atoms with van der Waals surface area (Å²) in [5, 5.41) is 0. The molecule has 1 heterocycles. The van der Waals surface area contributed by atoms with Crippen molar-refractivity contribution >= 4 is 5.57 Å². The molecule has 0 saturated carbocycles. The van der Waals surface area contributed by atoms with Gasteiger partial charge in [-0.25, -0.2) is 4.98 Å². The molecule has 1 aromatic heterocycles. The molecule has 0 radical (unpaired) electrons. The van der Waals surface area contributed by atoms with Crippen molar-refractivity contribution in [1.82, 2.24) is 4.98 Å². The molecule has 3 heteroatoms. The predicted molar refractivity (Wildman–Crippen MR) is 107 cm³/mol. The summed E-state index contributed by atoms with van der Waals surface area (Å²) in [5.74, 6) is 2.26. The molecule has 0 bridgehead atoms. The van der Waals surface area contributed by atoms with Gasteiger partial charge < -0.3 is 9.15 Å². The summed E-state index contributed by atoms with van der Waals surface area (Å²) in [6, 6.07) is 16.0. The van der Waals surface area contributed by atoms with Crippen LogP contribution < -0.4 is 4.74 Å². The zero-order valence-electron chi connectivity index (χ0n) is 15.5. The van der Waals surface area contributed by atoms with Crippen molar-refractivity contribution in [2.45, 2.75) is 33.1 Å². The number of hydrogen-bond donors (Lipinski definition) is 0. The largest absolute Gasteiger partial charge is 0.494 e. The Morgan fingerprint density at radius 1 is 1.00 bits per heavy atom. The minimum Gasteiger partial charge on any atom is -0.494 e. The second-order valence-electron chi connectivity index (χ2n) is 6.47. The Labute approximate surface area is 155 Å². The van der Waals surface area contributed by atoms with Gasteiger partial charge in [-0.2, -0.15) is 0 Å². The van der Waals surface area contributed by atoms with Crippen LogP contribution in [-0.4, -0.2) is 11.6 Å². The molecule has 3 aromatic rings. The van der Waals surface area contributed by atoms with Crippen LogP contribution in [0.25, 0.3) is 28.4 Å². The Kier molecular flexibility index (Phi) is 5.90. The van der Waals surface area contributed by atoms with E-state index in [2.05, 4.69) is 18.5 Å². The van der Waals surface area contributed by atoms with Crippen LogP contribution in [-0.2, 0) is 0 Å². The quantitative estimate of drug-likeness (QED) is 0.430. The topological polar surface area (TPSA) is 35.3 Å². The summed E-state index contributed by atoms with van der Waals surface area (Å²) in [6.07, 6.45) is 5.26. The Bertz CT molecular complexity index is 845. The van der Waals surface area contributed by atoms with Crippen molar-refractivity contribution in [1.29, 1.82) is 0 Å². The maximum atomic E-state index is 5.93. The maximum absolute atomic E-state index is 5.93. The van der Waals surface area contributed by atoms with Gasteiger partial charge in [-0.3, -0.25) is 0 Å². The molecular weight excluding hydrogens is 322 g/mol. The molecule has 26 heavy (non-hydrogen) atoms. The van der Waals surface area contributed by atoms with Crippen LogP contribution in [0.4, 0.5) is 0 Å². The van der Waals surface area contributed by atoms with Gasteiger partial charge in [0.25, 0.3) is 0 Å². The maximum Gasteiger partial charge on any atom is 0.226 e. The zero-order chi connectivity index (χ0) is 18.4. The minimum atomic E-state index is 0.619. The fourth-order valence-corrected chi connectivity index (χ4v) is 2.70. The average molecular weight is 347 g/mol. The van der Waals surface area contributed by atoms with Gasteiger partial charge in [0.05, 0.1) is 12.8 Å². The van der Waals surface area contributed by atoms with E-state index in [-0.39, 0.29) is 0 Å². The monoisotopic (exact) mass is 347 g/mol. The van der Waals surface area contributed by atoms with Gasteiger partial charge in [0.1, 0.15) is 5.75 Å². The molecule has 3 rings (SSSR count). The van der Waals surface area contributed by atoms with E-state index >= 15 is 0 Å². The van der Waals surface area contributed by atoms with Gasteiger partial charge in [-0.1, -0.05) is 44.1 Å². The van der Waals surface area contributed by atoms with Crippen molar-refractivity contribution in [3.63, 3.8) is 0 Å². The normalized spacial score (nSPS) is 10.7. The highest BCUT2D eigenvalue weighted by Crippen LogP contribution is 2.28. The third-order valence-electron chi connectivity index (χ3n) is 4.29. The molecule has 0 saturated heterocycles. The highest BCUT2D eigenvalue weighted by Gasteiger charge is 2.09. The fourth-order valence-electron chi connectivity index (χ4n) is 2.70. The van der Waals surface area contributed by atoms with Gasteiger partial charge in [0, 0.05) is 11.1 Å². The van der Waals surface area contributed by atoms with Crippen LogP contribution in [0.5, 0.6) is 5.75 Å². The van der Waals surface area contributed by atoms with Crippen molar-refractivity contribution in [2.75, 3.05) is 6.61 Å². The second-order valence-corrected chi connectivity index (χ2v) is 6.47. The van der Waals surface area contributed by atoms with Gasteiger partial charge in [0.2, 0.25) is 5.89 Å². The number of hydrogen-bond acceptors (Lipinski definition) is 3. The van der Waals surface area contributed by atoms with Gasteiger partial charge >= 0.3 is 0 Å². The first kappa shape index (κ1) is 18.0. The van der Waals surface area contributed by atoms with Crippen molar-refractivity contribution in [3.05, 3.63) is 66.9 Å². The molecule has 0 spiro atoms. The molecule has 0 atom stereocenters. The molecule has 134 valence electrons. The number of oxazole rings is 1. The average Bonchev–Trinajstić information content (AvgIpc) is 3.16. The summed E-state index contributed by atoms with van der Waals surface area (Å²) >= 11 is 0. The lowest BCUT2D eigenvalue weighted by Crippen LogP contribution is -1.96. The van der Waals surface area contributed by atoms with E-state index in [1.54, 1.807) is 6.20 Å². The van der Waals surface area contributed by atoms with Crippen LogP contribution in [0.3, 0.4) is 0 Å². The van der Waals surface area contributed by atoms with Crippen LogP contribution in [0.2, 0.25) is 0 Å². The number of ether oxygens (including phenoxy) is 1. The summed E-state index contributed by atoms with van der Waals surface area (Å²) in [7, 11) is 0. The third-order valence-corrected chi connectivity index (χ3v) is 4.29. The Hall–Kier alpha value is -2.81. The highest BCUT2D eigenvalue weighted by molar-refractivity contribution is 5.66. The fraction of sp³-hybridized carbons (Fsp3) is 0.261. The van der Waals surface area contributed by atoms with E-state index in [4.69, 9.17) is 9.15 Å². The van der Waals surface area contributed by atoms with Gasteiger partial charge in [-0.05, 0) is 55.3 Å². The van der Waals surface area contributed by atoms with Gasteiger partial charge in [0.15, 0.2) is 5.76 Å². The summed E-state index contributed by atoms with van der Waals surface area (Å²) in [5.41, 5.74) is 4.11. The number of aromatic nitrogens is 1. The first-order chi connectivity index (χ1) is 12.7. The Balaban J connectivity index is 1.68. The lowest BCUT2D eigenvalue weighted by atomic mass is 10.1. The van der Waals surface area contributed by atoms with Crippen molar-refractivity contribution in [3.8, 4) is 28.5 Å². The van der Waals surface area contributed by atoms with E-state index in [1.807, 2.05) is 55.5 Å². The van der Waals surface area contributed by atoms with Crippen LogP contribution in [0, 0.1) is 0 Å². The van der Waals surface area contributed by atoms with E-state index in [9.17, 15) is 0 Å². The first-order valence-corrected chi connectivity index (χ1v) is 9.12. The number of rotatable bonds is 8. The third kappa shape index (κ3) is 4.42. The number of allylic oxidation sites excluding steroid dienone is 1. The number of unbranched alkanes of at least 4 members (excludes halogenated alkanes) is 2. The van der Waals surface area contributed by atoms with Crippen LogP contribution >= 0.6 is 0 Å². The lowest BCUT2D eigenvalue weighted by Gasteiger charge is -2.06. The van der Waals surface area contributed by atoms with Crippen molar-refractivity contribution in [2.24, 2.45) is 0 Å². The molecule has 0 aliphatic carbocycles. The molecule has 0 aliphatic rings. The van der Waals surface area contributed by atoms with Crippen LogP contribution in [0.15, 0.2) is 65.7 Å². The molecule has 0 aliphatic heterocycles. The number of nitrogens with zero attached hydrogens (tertiary/aromatic N) is 1. The number of benzene rings is 2. The van der Waals surface area contributed by atoms with E-state index in [0.29, 0.717) is 5.89 Å². The molecule has 0 fully saturated rings. The molecular formula is C23H25NO2. The molecule has 0 N–H and O–H groups in total. The zero-order valence-corrected chi connectivity index (χ0v) is 15.5. The second kappa shape index (κ2) is 8.52. The van der Waals surface area contributed by atoms with E-state index in [0.717, 1.165) is 46.8 Å². The Morgan fingerprint density at radius 3 is 2.35 bits per heavy atom. The predicted octanol–water partition coefficient (Wildman–Crippen LogP) is 6.61. The lowest BCUT2D eigenvalue weighted by molar-refractivity contribution is 0.306. The highest BCUT2D eigenvalue weighted by atomic mass is 16.5. The van der Waals surface area contributed by atoms with Gasteiger partial charge in [-0.15, -0.1) is 0 Å². The molecule has 3 nitrogen and oxygen atoms in total. The van der Waals surface area contributed by atoms with E-state index < -0.39 is 0 Å². The summed E-state index contributed by atoms with van der Waals surface area (Å²) in [4.78, 5) is 4.41. The first-order valence-electron chi connectivity index (χ1n) is 9.12. The minimum absolute atomic E-state index is 0.619. The van der Waals surface area contributed by atoms with Crippen LogP contribution in [0.1, 0.15) is 38.7 Å². The molecule has 0 unspecified atom stereocenters. The SMILES string of the molecule is C=C(C)c1ccc(-c2ncc(-c3ccc(OCCCCC)cc3)o2)cc1. The summed E-state index contributed by atoms with van der Waals surface area (Å²) < 4.78 is 11.7. The molecule has 2 aromatic carbocycles. The molecule has 0 amide bonds.